The molecule has 3 rings (SSSR count). The van der Waals surface area contributed by atoms with Crippen molar-refractivity contribution in [3.63, 3.8) is 0 Å². The van der Waals surface area contributed by atoms with Gasteiger partial charge in [0.25, 0.3) is 0 Å². The molecule has 0 bridgehead atoms. The number of halogens is 1. The zero-order valence-electron chi connectivity index (χ0n) is 12.0. The van der Waals surface area contributed by atoms with Gasteiger partial charge in [-0.05, 0) is 36.0 Å². The molecular weight excluding hydrogens is 328 g/mol. The number of nitrogens with zero attached hydrogens (tertiary/aromatic N) is 2. The van der Waals surface area contributed by atoms with Crippen LogP contribution in [0.1, 0.15) is 5.56 Å². The van der Waals surface area contributed by atoms with Crippen molar-refractivity contribution in [3.05, 3.63) is 65.2 Å². The summed E-state index contributed by atoms with van der Waals surface area (Å²) in [5.74, 6) is 0. The van der Waals surface area contributed by atoms with Crippen molar-refractivity contribution in [2.75, 3.05) is 0 Å². The Morgan fingerprint density at radius 3 is 2.70 bits per heavy atom. The first-order valence-electron chi connectivity index (χ1n) is 6.88. The Labute approximate surface area is 144 Å². The molecule has 3 aromatic rings. The van der Waals surface area contributed by atoms with Crippen LogP contribution in [0, 0.1) is 0 Å². The number of nitrogens with two attached hydrogens (primary N) is 1. The van der Waals surface area contributed by atoms with Gasteiger partial charge in [0, 0.05) is 10.9 Å². The summed E-state index contributed by atoms with van der Waals surface area (Å²) in [5.41, 5.74) is 11.4. The van der Waals surface area contributed by atoms with Gasteiger partial charge in [0.05, 0.1) is 22.4 Å². The summed E-state index contributed by atoms with van der Waals surface area (Å²) in [5, 5.41) is 5.55. The summed E-state index contributed by atoms with van der Waals surface area (Å²) in [6.07, 6.45) is 1.61. The van der Waals surface area contributed by atoms with Gasteiger partial charge in [-0.15, -0.1) is 0 Å². The van der Waals surface area contributed by atoms with Gasteiger partial charge in [0.1, 0.15) is 0 Å². The molecule has 0 unspecified atom stereocenters. The maximum Gasteiger partial charge on any atom is 0.184 e. The van der Waals surface area contributed by atoms with E-state index in [1.165, 1.54) is 0 Å². The molecule has 0 radical (unpaired) electrons. The molecule has 1 heterocycles. The fourth-order valence-electron chi connectivity index (χ4n) is 2.23. The number of nitrogens with one attached hydrogen (secondary N) is 1. The Hall–Kier alpha value is -2.50. The normalized spacial score (nSPS) is 11.0. The Bertz CT molecular complexity index is 894. The lowest BCUT2D eigenvalue weighted by molar-refractivity contribution is 1.04. The van der Waals surface area contributed by atoms with Gasteiger partial charge in [-0.3, -0.25) is 5.43 Å². The van der Waals surface area contributed by atoms with Crippen LogP contribution in [0.4, 0.5) is 0 Å². The lowest BCUT2D eigenvalue weighted by atomic mass is 10.1. The third-order valence-corrected chi connectivity index (χ3v) is 3.61. The predicted octanol–water partition coefficient (Wildman–Crippen LogP) is 3.72. The van der Waals surface area contributed by atoms with Crippen LogP contribution in [-0.4, -0.2) is 16.3 Å². The number of hydrogen-bond donors (Lipinski definition) is 2. The van der Waals surface area contributed by atoms with E-state index in [1.54, 1.807) is 12.3 Å². The number of pyridine rings is 1. The van der Waals surface area contributed by atoms with Gasteiger partial charge in [-0.1, -0.05) is 48.0 Å². The van der Waals surface area contributed by atoms with Crippen molar-refractivity contribution in [2.45, 2.75) is 0 Å². The highest BCUT2D eigenvalue weighted by Gasteiger charge is 2.06. The summed E-state index contributed by atoms with van der Waals surface area (Å²) in [6, 6.07) is 17.7. The average molecular weight is 341 g/mol. The minimum absolute atomic E-state index is 0.113. The number of benzene rings is 2. The summed E-state index contributed by atoms with van der Waals surface area (Å²) < 4.78 is 0. The van der Waals surface area contributed by atoms with Crippen LogP contribution in [0.2, 0.25) is 5.02 Å². The lowest BCUT2D eigenvalue weighted by Gasteiger charge is -2.06. The van der Waals surface area contributed by atoms with Crippen molar-refractivity contribution < 1.29 is 0 Å². The third kappa shape index (κ3) is 3.64. The van der Waals surface area contributed by atoms with Crippen LogP contribution in [0.5, 0.6) is 0 Å². The van der Waals surface area contributed by atoms with Gasteiger partial charge in [-0.25, -0.2) is 4.98 Å². The molecule has 4 nitrogen and oxygen atoms in total. The molecule has 1 aromatic heterocycles. The Kier molecular flexibility index (Phi) is 4.50. The molecule has 2 aromatic carbocycles. The second-order valence-corrected chi connectivity index (χ2v) is 5.72. The van der Waals surface area contributed by atoms with Crippen molar-refractivity contribution in [2.24, 2.45) is 10.8 Å². The second-order valence-electron chi connectivity index (χ2n) is 4.87. The molecule has 3 N–H and O–H groups in total. The van der Waals surface area contributed by atoms with Crippen LogP contribution in [-0.2, 0) is 0 Å². The van der Waals surface area contributed by atoms with E-state index in [9.17, 15) is 0 Å². The van der Waals surface area contributed by atoms with Gasteiger partial charge < -0.3 is 5.73 Å². The number of hydrazone groups is 1. The Balaban J connectivity index is 2.00. The highest BCUT2D eigenvalue weighted by Crippen LogP contribution is 2.26. The monoisotopic (exact) mass is 340 g/mol. The predicted molar refractivity (Wildman–Crippen MR) is 99.7 cm³/mol. The average Bonchev–Trinajstić information content (AvgIpc) is 2.55. The van der Waals surface area contributed by atoms with Gasteiger partial charge in [-0.2, -0.15) is 5.10 Å². The summed E-state index contributed by atoms with van der Waals surface area (Å²) >= 11 is 11.1. The Morgan fingerprint density at radius 2 is 1.96 bits per heavy atom. The van der Waals surface area contributed by atoms with Crippen LogP contribution >= 0.6 is 23.8 Å². The Morgan fingerprint density at radius 1 is 1.17 bits per heavy atom. The smallest absolute Gasteiger partial charge is 0.184 e. The first-order valence-corrected chi connectivity index (χ1v) is 7.66. The highest BCUT2D eigenvalue weighted by atomic mass is 35.5. The second kappa shape index (κ2) is 6.73. The molecule has 0 atom stereocenters. The van der Waals surface area contributed by atoms with Gasteiger partial charge in [0.2, 0.25) is 0 Å². The standard InChI is InChI=1S/C17H13ClN4S/c18-14-9-11(10-20-22-17(19)23)8-13-6-7-15(21-16(13)14)12-4-2-1-3-5-12/h1-10H,(H3,19,22,23)/b20-10-. The molecular formula is C17H13ClN4S. The number of aromatic nitrogens is 1. The number of hydrogen-bond acceptors (Lipinski definition) is 3. The number of thiocarbonyl (C=S) groups is 1. The molecule has 114 valence electrons. The highest BCUT2D eigenvalue weighted by molar-refractivity contribution is 7.80. The van der Waals surface area contributed by atoms with E-state index >= 15 is 0 Å². The van der Waals surface area contributed by atoms with Gasteiger partial charge in [0.15, 0.2) is 5.11 Å². The zero-order valence-corrected chi connectivity index (χ0v) is 13.6. The maximum absolute atomic E-state index is 6.37. The summed E-state index contributed by atoms with van der Waals surface area (Å²) in [6.45, 7) is 0. The molecule has 23 heavy (non-hydrogen) atoms. The van der Waals surface area contributed by atoms with Crippen LogP contribution < -0.4 is 11.2 Å². The zero-order chi connectivity index (χ0) is 16.2. The molecule has 0 saturated carbocycles. The SMILES string of the molecule is NC(=S)N/N=C\c1cc(Cl)c2nc(-c3ccccc3)ccc2c1. The molecule has 0 fully saturated rings. The number of fused-ring (bicyclic) bond motifs is 1. The van der Waals surface area contributed by atoms with Crippen LogP contribution in [0.15, 0.2) is 59.7 Å². The molecule has 0 aliphatic carbocycles. The summed E-state index contributed by atoms with van der Waals surface area (Å²) in [7, 11) is 0. The minimum atomic E-state index is 0.113. The van der Waals surface area contributed by atoms with Gasteiger partial charge >= 0.3 is 0 Å². The fourth-order valence-corrected chi connectivity index (χ4v) is 2.56. The minimum Gasteiger partial charge on any atom is -0.375 e. The molecule has 0 spiro atoms. The third-order valence-electron chi connectivity index (χ3n) is 3.23. The molecule has 0 aliphatic rings. The largest absolute Gasteiger partial charge is 0.375 e. The van der Waals surface area contributed by atoms with Crippen molar-refractivity contribution >= 4 is 46.0 Å². The van der Waals surface area contributed by atoms with Crippen molar-refractivity contribution in [3.8, 4) is 11.3 Å². The van der Waals surface area contributed by atoms with Crippen LogP contribution in [0.3, 0.4) is 0 Å². The topological polar surface area (TPSA) is 63.3 Å². The van der Waals surface area contributed by atoms with E-state index in [4.69, 9.17) is 29.6 Å². The van der Waals surface area contributed by atoms with Crippen molar-refractivity contribution in [1.82, 2.24) is 10.4 Å². The van der Waals surface area contributed by atoms with Crippen molar-refractivity contribution in [1.29, 1.82) is 0 Å². The van der Waals surface area contributed by atoms with E-state index in [2.05, 4.69) is 15.5 Å². The van der Waals surface area contributed by atoms with E-state index in [-0.39, 0.29) is 5.11 Å². The molecule has 0 saturated heterocycles. The first kappa shape index (κ1) is 15.4. The molecule has 0 aliphatic heterocycles. The summed E-state index contributed by atoms with van der Waals surface area (Å²) in [4.78, 5) is 4.66. The van der Waals surface area contributed by atoms with E-state index < -0.39 is 0 Å². The van der Waals surface area contributed by atoms with E-state index in [0.29, 0.717) is 5.02 Å². The quantitative estimate of drug-likeness (QED) is 0.433. The van der Waals surface area contributed by atoms with E-state index in [0.717, 1.165) is 27.7 Å². The van der Waals surface area contributed by atoms with Crippen LogP contribution in [0.25, 0.3) is 22.2 Å². The molecule has 6 heteroatoms. The lowest BCUT2D eigenvalue weighted by Crippen LogP contribution is -2.23. The number of rotatable bonds is 3. The maximum atomic E-state index is 6.37. The fraction of sp³-hybridized carbons (Fsp3) is 0. The molecule has 0 amide bonds. The van der Waals surface area contributed by atoms with E-state index in [1.807, 2.05) is 48.5 Å². The first-order chi connectivity index (χ1) is 11.1.